The number of anilines is 2. The lowest BCUT2D eigenvalue weighted by molar-refractivity contribution is -0.121. The van der Waals surface area contributed by atoms with Gasteiger partial charge in [-0.2, -0.15) is 0 Å². The van der Waals surface area contributed by atoms with Crippen molar-refractivity contribution in [3.8, 4) is 0 Å². The van der Waals surface area contributed by atoms with E-state index in [0.717, 1.165) is 0 Å². The zero-order chi connectivity index (χ0) is 13.1. The molecule has 0 spiro atoms. The normalized spacial score (nSPS) is 12.3. The molecule has 1 aromatic heterocycles. The van der Waals surface area contributed by atoms with E-state index in [4.69, 9.17) is 5.73 Å². The van der Waals surface area contributed by atoms with Crippen molar-refractivity contribution in [2.75, 3.05) is 17.6 Å². The molecule has 96 valence electrons. The van der Waals surface area contributed by atoms with Crippen LogP contribution in [0.4, 0.5) is 11.4 Å². The lowest BCUT2D eigenvalue weighted by Crippen LogP contribution is -2.37. The summed E-state index contributed by atoms with van der Waals surface area (Å²) in [5.41, 5.74) is 7.90. The van der Waals surface area contributed by atoms with Gasteiger partial charge in [0, 0.05) is 6.54 Å². The van der Waals surface area contributed by atoms with Crippen LogP contribution < -0.4 is 16.4 Å². The molecular formula is C11H15N5O2. The molecule has 1 amide bonds. The van der Waals surface area contributed by atoms with Gasteiger partial charge in [0.05, 0.1) is 11.4 Å². The van der Waals surface area contributed by atoms with E-state index in [1.807, 2.05) is 6.92 Å². The van der Waals surface area contributed by atoms with Gasteiger partial charge in [0.25, 0.3) is 0 Å². The Hall–Kier alpha value is -2.31. The average Bonchev–Trinajstić information content (AvgIpc) is 2.83. The fraction of sp³-hybridized carbons (Fsp3) is 0.364. The summed E-state index contributed by atoms with van der Waals surface area (Å²) in [6.45, 7) is 4.22. The molecule has 0 saturated carbocycles. The van der Waals surface area contributed by atoms with Gasteiger partial charge >= 0.3 is 0 Å². The summed E-state index contributed by atoms with van der Waals surface area (Å²) < 4.78 is 4.66. The maximum Gasteiger partial charge on any atom is 0.242 e. The average molecular weight is 249 g/mol. The molecule has 0 aliphatic heterocycles. The first-order valence-corrected chi connectivity index (χ1v) is 5.68. The second-order valence-corrected chi connectivity index (χ2v) is 3.92. The Morgan fingerprint density at radius 1 is 1.44 bits per heavy atom. The third kappa shape index (κ3) is 2.20. The van der Waals surface area contributed by atoms with Crippen LogP contribution in [0.15, 0.2) is 16.8 Å². The molecule has 0 aliphatic rings. The molecule has 4 N–H and O–H groups in total. The molecule has 0 saturated heterocycles. The lowest BCUT2D eigenvalue weighted by Gasteiger charge is -2.14. The van der Waals surface area contributed by atoms with Crippen molar-refractivity contribution in [2.24, 2.45) is 0 Å². The Labute approximate surface area is 104 Å². The molecule has 1 atom stereocenters. The minimum atomic E-state index is -0.381. The highest BCUT2D eigenvalue weighted by Crippen LogP contribution is 2.25. The highest BCUT2D eigenvalue weighted by Gasteiger charge is 2.15. The number of rotatable bonds is 4. The molecule has 7 nitrogen and oxygen atoms in total. The van der Waals surface area contributed by atoms with Crippen molar-refractivity contribution in [2.45, 2.75) is 19.9 Å². The number of carbonyl (C=O) groups is 1. The number of amides is 1. The number of fused-ring (bicyclic) bond motifs is 1. The molecule has 7 heteroatoms. The standard InChI is InChI=1S/C11H15N5O2/c1-3-13-11(17)6(2)14-8-5-4-7(12)9-10(8)16-18-15-9/h4-6,14H,3,12H2,1-2H3,(H,13,17). The molecule has 2 aromatic rings. The van der Waals surface area contributed by atoms with E-state index < -0.39 is 0 Å². The van der Waals surface area contributed by atoms with Gasteiger partial charge in [-0.05, 0) is 36.3 Å². The van der Waals surface area contributed by atoms with Crippen LogP contribution >= 0.6 is 0 Å². The van der Waals surface area contributed by atoms with Crippen LogP contribution in [0.1, 0.15) is 13.8 Å². The fourth-order valence-electron chi connectivity index (χ4n) is 1.63. The molecule has 0 fully saturated rings. The van der Waals surface area contributed by atoms with Gasteiger partial charge in [0.15, 0.2) is 11.0 Å². The van der Waals surface area contributed by atoms with Crippen molar-refractivity contribution < 1.29 is 9.42 Å². The van der Waals surface area contributed by atoms with Gasteiger partial charge in [0.1, 0.15) is 6.04 Å². The highest BCUT2D eigenvalue weighted by atomic mass is 16.6. The smallest absolute Gasteiger partial charge is 0.242 e. The number of likely N-dealkylation sites (N-methyl/N-ethyl adjacent to an activating group) is 1. The molecule has 18 heavy (non-hydrogen) atoms. The number of nitrogens with zero attached hydrogens (tertiary/aromatic N) is 2. The van der Waals surface area contributed by atoms with Gasteiger partial charge in [-0.15, -0.1) is 0 Å². The molecule has 1 heterocycles. The van der Waals surface area contributed by atoms with E-state index in [1.54, 1.807) is 19.1 Å². The van der Waals surface area contributed by atoms with Crippen molar-refractivity contribution in [1.29, 1.82) is 0 Å². The van der Waals surface area contributed by atoms with E-state index in [0.29, 0.717) is 29.0 Å². The second kappa shape index (κ2) is 4.91. The number of nitrogens with two attached hydrogens (primary N) is 1. The largest absolute Gasteiger partial charge is 0.397 e. The van der Waals surface area contributed by atoms with Crippen LogP contribution in [0.3, 0.4) is 0 Å². The summed E-state index contributed by atoms with van der Waals surface area (Å²) in [5, 5.41) is 13.3. The summed E-state index contributed by atoms with van der Waals surface area (Å²) in [5.74, 6) is -0.0843. The maximum atomic E-state index is 11.6. The second-order valence-electron chi connectivity index (χ2n) is 3.92. The first-order chi connectivity index (χ1) is 8.63. The lowest BCUT2D eigenvalue weighted by atomic mass is 10.2. The van der Waals surface area contributed by atoms with Gasteiger partial charge in [-0.3, -0.25) is 4.79 Å². The number of hydrogen-bond donors (Lipinski definition) is 3. The molecular weight excluding hydrogens is 234 g/mol. The number of nitrogen functional groups attached to an aromatic ring is 1. The van der Waals surface area contributed by atoms with Gasteiger partial charge < -0.3 is 16.4 Å². The monoisotopic (exact) mass is 249 g/mol. The summed E-state index contributed by atoms with van der Waals surface area (Å²) in [6.07, 6.45) is 0. The van der Waals surface area contributed by atoms with Crippen LogP contribution in [0, 0.1) is 0 Å². The number of carbonyl (C=O) groups excluding carboxylic acids is 1. The summed E-state index contributed by atoms with van der Waals surface area (Å²) in [7, 11) is 0. The van der Waals surface area contributed by atoms with E-state index in [2.05, 4.69) is 25.6 Å². The Bertz CT molecular complexity index is 566. The Kier molecular flexibility index (Phi) is 3.31. The molecule has 0 radical (unpaired) electrons. The van der Waals surface area contributed by atoms with Gasteiger partial charge in [0.2, 0.25) is 5.91 Å². The third-order valence-electron chi connectivity index (χ3n) is 2.56. The van der Waals surface area contributed by atoms with Gasteiger partial charge in [-0.1, -0.05) is 0 Å². The number of aromatic nitrogens is 2. The molecule has 2 rings (SSSR count). The number of hydrogen-bond acceptors (Lipinski definition) is 6. The van der Waals surface area contributed by atoms with Crippen LogP contribution in [-0.4, -0.2) is 28.8 Å². The predicted molar refractivity (Wildman–Crippen MR) is 68.0 cm³/mol. The van der Waals surface area contributed by atoms with Crippen molar-refractivity contribution in [3.63, 3.8) is 0 Å². The van der Waals surface area contributed by atoms with Crippen LogP contribution in [-0.2, 0) is 4.79 Å². The zero-order valence-corrected chi connectivity index (χ0v) is 10.2. The van der Waals surface area contributed by atoms with E-state index in [9.17, 15) is 4.79 Å². The number of nitrogens with one attached hydrogen (secondary N) is 2. The first kappa shape index (κ1) is 12.2. The van der Waals surface area contributed by atoms with Crippen LogP contribution in [0.5, 0.6) is 0 Å². The van der Waals surface area contributed by atoms with Crippen LogP contribution in [0.25, 0.3) is 11.0 Å². The van der Waals surface area contributed by atoms with E-state index in [1.165, 1.54) is 0 Å². The minimum absolute atomic E-state index is 0.0843. The predicted octanol–water partition coefficient (Wildman–Crippen LogP) is 0.741. The zero-order valence-electron chi connectivity index (χ0n) is 10.2. The number of benzene rings is 1. The Morgan fingerprint density at radius 2 is 2.17 bits per heavy atom. The SMILES string of the molecule is CCNC(=O)C(C)Nc1ccc(N)c2nonc12. The summed E-state index contributed by atoms with van der Waals surface area (Å²) >= 11 is 0. The first-order valence-electron chi connectivity index (χ1n) is 5.68. The highest BCUT2D eigenvalue weighted by molar-refractivity contribution is 5.96. The molecule has 0 aliphatic carbocycles. The van der Waals surface area contributed by atoms with Gasteiger partial charge in [-0.25, -0.2) is 4.63 Å². The minimum Gasteiger partial charge on any atom is -0.397 e. The third-order valence-corrected chi connectivity index (χ3v) is 2.56. The Balaban J connectivity index is 2.24. The van der Waals surface area contributed by atoms with Crippen molar-refractivity contribution in [1.82, 2.24) is 15.6 Å². The molecule has 1 unspecified atom stereocenters. The fourth-order valence-corrected chi connectivity index (χ4v) is 1.63. The summed E-state index contributed by atoms with van der Waals surface area (Å²) in [4.78, 5) is 11.6. The van der Waals surface area contributed by atoms with Crippen molar-refractivity contribution in [3.05, 3.63) is 12.1 Å². The maximum absolute atomic E-state index is 11.6. The van der Waals surface area contributed by atoms with E-state index in [-0.39, 0.29) is 11.9 Å². The molecule has 1 aromatic carbocycles. The van der Waals surface area contributed by atoms with Crippen LogP contribution in [0.2, 0.25) is 0 Å². The van der Waals surface area contributed by atoms with Crippen molar-refractivity contribution >= 4 is 28.3 Å². The summed E-state index contributed by atoms with van der Waals surface area (Å²) in [6, 6.07) is 3.06. The molecule has 0 bridgehead atoms. The quantitative estimate of drug-likeness (QED) is 0.690. The van der Waals surface area contributed by atoms with E-state index >= 15 is 0 Å². The topological polar surface area (TPSA) is 106 Å². The Morgan fingerprint density at radius 3 is 2.89 bits per heavy atom.